The Bertz CT molecular complexity index is 1170. The molecule has 5 rings (SSSR count). The van der Waals surface area contributed by atoms with Crippen LogP contribution in [-0.4, -0.2) is 66.3 Å². The van der Waals surface area contributed by atoms with Gasteiger partial charge in [0.25, 0.3) is 0 Å². The second kappa shape index (κ2) is 12.8. The number of amides is 1. The zero-order valence-corrected chi connectivity index (χ0v) is 22.3. The van der Waals surface area contributed by atoms with Crippen molar-refractivity contribution < 1.29 is 23.8 Å². The van der Waals surface area contributed by atoms with Crippen molar-refractivity contribution in [2.75, 3.05) is 39.4 Å². The van der Waals surface area contributed by atoms with Crippen LogP contribution in [-0.2, 0) is 22.6 Å². The van der Waals surface area contributed by atoms with E-state index >= 15 is 0 Å². The third-order valence-electron chi connectivity index (χ3n) is 7.10. The number of hydrogen-bond donors (Lipinski definition) is 1. The molecular weight excluding hydrogens is 503 g/mol. The summed E-state index contributed by atoms with van der Waals surface area (Å²) in [7, 11) is 0. The molecule has 2 heterocycles. The minimum atomic E-state index is -0.673. The lowest BCUT2D eigenvalue weighted by molar-refractivity contribution is -0.136. The van der Waals surface area contributed by atoms with Crippen molar-refractivity contribution in [3.8, 4) is 5.75 Å². The molecule has 38 heavy (non-hydrogen) atoms. The summed E-state index contributed by atoms with van der Waals surface area (Å²) >= 11 is 1.71. The molecule has 202 valence electrons. The van der Waals surface area contributed by atoms with E-state index in [-0.39, 0.29) is 30.9 Å². The smallest absolute Gasteiger partial charge is 0.237 e. The standard InChI is InChI=1S/C30H35FN2O4S/c31-24-8-10-26(11-9-24)37-21-28-27-13-15-38-29(27)12-14-33(28)30(35)18-32(16-22-6-7-22)17-25(34)20-36-19-23-4-2-1-3-5-23/h1-5,8-11,13,15,22,25,28,34H,6-7,12,14,16-21H2. The molecule has 2 aliphatic rings. The van der Waals surface area contributed by atoms with E-state index in [1.807, 2.05) is 35.2 Å². The highest BCUT2D eigenvalue weighted by Crippen LogP contribution is 2.34. The molecule has 6 nitrogen and oxygen atoms in total. The van der Waals surface area contributed by atoms with E-state index in [0.29, 0.717) is 38.0 Å². The predicted molar refractivity (Wildman–Crippen MR) is 146 cm³/mol. The first-order chi connectivity index (χ1) is 18.5. The van der Waals surface area contributed by atoms with Gasteiger partial charge < -0.3 is 19.5 Å². The van der Waals surface area contributed by atoms with Crippen LogP contribution in [0, 0.1) is 11.7 Å². The molecule has 1 aliphatic heterocycles. The fourth-order valence-corrected chi connectivity index (χ4v) is 5.90. The second-order valence-corrected chi connectivity index (χ2v) is 11.2. The Morgan fingerprint density at radius 3 is 2.68 bits per heavy atom. The summed E-state index contributed by atoms with van der Waals surface area (Å²) in [5.74, 6) is 0.890. The Kier molecular flexibility index (Phi) is 9.06. The number of thiophene rings is 1. The van der Waals surface area contributed by atoms with Gasteiger partial charge in [0, 0.05) is 24.5 Å². The van der Waals surface area contributed by atoms with Crippen molar-refractivity contribution in [3.05, 3.63) is 87.9 Å². The first kappa shape index (κ1) is 26.8. The maximum Gasteiger partial charge on any atom is 0.237 e. The minimum Gasteiger partial charge on any atom is -0.491 e. The molecule has 1 amide bonds. The van der Waals surface area contributed by atoms with Crippen molar-refractivity contribution >= 4 is 17.2 Å². The van der Waals surface area contributed by atoms with Gasteiger partial charge in [0.1, 0.15) is 18.2 Å². The third kappa shape index (κ3) is 7.41. The average Bonchev–Trinajstić information content (AvgIpc) is 3.60. The molecule has 2 atom stereocenters. The van der Waals surface area contributed by atoms with Gasteiger partial charge >= 0.3 is 0 Å². The molecule has 8 heteroatoms. The van der Waals surface area contributed by atoms with Gasteiger partial charge in [0.15, 0.2) is 0 Å². The Hall–Kier alpha value is -2.78. The minimum absolute atomic E-state index is 0.0348. The van der Waals surface area contributed by atoms with Gasteiger partial charge in [-0.25, -0.2) is 4.39 Å². The number of halogens is 1. The summed E-state index contributed by atoms with van der Waals surface area (Å²) in [6.07, 6.45) is 2.49. The van der Waals surface area contributed by atoms with Crippen LogP contribution in [0.1, 0.15) is 34.9 Å². The van der Waals surface area contributed by atoms with Gasteiger partial charge in [0.2, 0.25) is 5.91 Å². The van der Waals surface area contributed by atoms with Crippen LogP contribution in [0.5, 0.6) is 5.75 Å². The monoisotopic (exact) mass is 538 g/mol. The largest absolute Gasteiger partial charge is 0.491 e. The van der Waals surface area contributed by atoms with Crippen LogP contribution in [0.3, 0.4) is 0 Å². The topological polar surface area (TPSA) is 62.2 Å². The summed E-state index contributed by atoms with van der Waals surface area (Å²) in [5, 5.41) is 12.8. The normalized spacial score (nSPS) is 17.9. The Morgan fingerprint density at radius 2 is 1.92 bits per heavy atom. The molecule has 0 radical (unpaired) electrons. The molecule has 3 aromatic rings. The molecule has 0 spiro atoms. The van der Waals surface area contributed by atoms with Crippen LogP contribution in [0.25, 0.3) is 0 Å². The lowest BCUT2D eigenvalue weighted by Crippen LogP contribution is -2.48. The fourth-order valence-electron chi connectivity index (χ4n) is 4.97. The maximum absolute atomic E-state index is 13.7. The highest BCUT2D eigenvalue weighted by Gasteiger charge is 2.34. The summed E-state index contributed by atoms with van der Waals surface area (Å²) in [6.45, 7) is 3.05. The SMILES string of the molecule is O=C(CN(CC(O)COCc1ccccc1)CC1CC1)N1CCc2sccc2C1COc1ccc(F)cc1. The molecule has 2 aromatic carbocycles. The number of ether oxygens (including phenoxy) is 2. The molecule has 1 aliphatic carbocycles. The first-order valence-corrected chi connectivity index (χ1v) is 14.2. The number of aliphatic hydroxyl groups excluding tert-OH is 1. The van der Waals surface area contributed by atoms with E-state index in [0.717, 1.165) is 24.1 Å². The number of rotatable bonds is 13. The van der Waals surface area contributed by atoms with Crippen molar-refractivity contribution in [2.24, 2.45) is 5.92 Å². The highest BCUT2D eigenvalue weighted by atomic mass is 32.1. The zero-order chi connectivity index (χ0) is 26.3. The number of benzene rings is 2. The van der Waals surface area contributed by atoms with Crippen LogP contribution in [0.4, 0.5) is 4.39 Å². The van der Waals surface area contributed by atoms with Crippen molar-refractivity contribution in [3.63, 3.8) is 0 Å². The van der Waals surface area contributed by atoms with E-state index in [4.69, 9.17) is 9.47 Å². The molecule has 0 bridgehead atoms. The summed E-state index contributed by atoms with van der Waals surface area (Å²) in [4.78, 5) is 18.9. The third-order valence-corrected chi connectivity index (χ3v) is 8.10. The average molecular weight is 539 g/mol. The molecule has 1 N–H and O–H groups in total. The number of aliphatic hydroxyl groups is 1. The van der Waals surface area contributed by atoms with Gasteiger partial charge in [-0.2, -0.15) is 0 Å². The Labute approximate surface area is 227 Å². The molecule has 1 aromatic heterocycles. The van der Waals surface area contributed by atoms with E-state index in [1.54, 1.807) is 23.5 Å². The summed E-state index contributed by atoms with van der Waals surface area (Å²) in [6, 6.07) is 17.7. The lowest BCUT2D eigenvalue weighted by Gasteiger charge is -2.37. The van der Waals surface area contributed by atoms with Crippen molar-refractivity contribution in [1.29, 1.82) is 0 Å². The molecule has 2 unspecified atom stereocenters. The van der Waals surface area contributed by atoms with Crippen LogP contribution >= 0.6 is 11.3 Å². The zero-order valence-electron chi connectivity index (χ0n) is 21.5. The van der Waals surface area contributed by atoms with Crippen LogP contribution in [0.2, 0.25) is 0 Å². The van der Waals surface area contributed by atoms with E-state index < -0.39 is 6.10 Å². The number of carbonyl (C=O) groups is 1. The van der Waals surface area contributed by atoms with Crippen LogP contribution in [0.15, 0.2) is 66.0 Å². The lowest BCUT2D eigenvalue weighted by atomic mass is 10.0. The van der Waals surface area contributed by atoms with Crippen LogP contribution < -0.4 is 4.74 Å². The molecule has 0 saturated heterocycles. The van der Waals surface area contributed by atoms with E-state index in [2.05, 4.69) is 16.3 Å². The quantitative estimate of drug-likeness (QED) is 0.342. The number of carbonyl (C=O) groups excluding carboxylic acids is 1. The van der Waals surface area contributed by atoms with Gasteiger partial charge in [-0.15, -0.1) is 11.3 Å². The van der Waals surface area contributed by atoms with E-state index in [9.17, 15) is 14.3 Å². The Balaban J connectivity index is 1.20. The van der Waals surface area contributed by atoms with Gasteiger partial charge in [-0.3, -0.25) is 9.69 Å². The summed E-state index contributed by atoms with van der Waals surface area (Å²) < 4.78 is 25.1. The summed E-state index contributed by atoms with van der Waals surface area (Å²) in [5.41, 5.74) is 2.19. The van der Waals surface area contributed by atoms with E-state index in [1.165, 1.54) is 29.9 Å². The number of hydrogen-bond acceptors (Lipinski definition) is 6. The van der Waals surface area contributed by atoms with Gasteiger partial charge in [0.05, 0.1) is 31.9 Å². The number of fused-ring (bicyclic) bond motifs is 1. The van der Waals surface area contributed by atoms with Gasteiger partial charge in [-0.05, 0) is 72.0 Å². The highest BCUT2D eigenvalue weighted by molar-refractivity contribution is 7.10. The second-order valence-electron chi connectivity index (χ2n) is 10.2. The molecule has 1 saturated carbocycles. The molecule has 1 fully saturated rings. The van der Waals surface area contributed by atoms with Crippen molar-refractivity contribution in [2.45, 2.75) is 38.0 Å². The van der Waals surface area contributed by atoms with Gasteiger partial charge in [-0.1, -0.05) is 30.3 Å². The van der Waals surface area contributed by atoms with Crippen molar-refractivity contribution in [1.82, 2.24) is 9.80 Å². The fraction of sp³-hybridized carbons (Fsp3) is 0.433. The predicted octanol–water partition coefficient (Wildman–Crippen LogP) is 4.68. The maximum atomic E-state index is 13.7. The molecular formula is C30H35FN2O4S. The first-order valence-electron chi connectivity index (χ1n) is 13.3. The number of nitrogens with zero attached hydrogens (tertiary/aromatic N) is 2. The Morgan fingerprint density at radius 1 is 1.13 bits per heavy atom.